The van der Waals surface area contributed by atoms with E-state index in [-0.39, 0.29) is 25.2 Å². The number of carbonyl (C=O) groups is 2. The topological polar surface area (TPSA) is 161 Å². The minimum Gasteiger partial charge on any atom is -0.497 e. The number of carbonyl (C=O) groups excluding carboxylic acids is 1. The van der Waals surface area contributed by atoms with Crippen molar-refractivity contribution in [3.05, 3.63) is 65.9 Å². The summed E-state index contributed by atoms with van der Waals surface area (Å²) in [5, 5.41) is 16.1. The fourth-order valence-electron chi connectivity index (χ4n) is 4.39. The molecule has 0 saturated carbocycles. The maximum absolute atomic E-state index is 13.3. The number of H-pyrrole nitrogens is 1. The molecule has 0 fully saturated rings. The molecule has 3 aromatic rings. The number of methoxy groups -OCH3 is 1. The van der Waals surface area contributed by atoms with Gasteiger partial charge in [-0.3, -0.25) is 14.7 Å². The summed E-state index contributed by atoms with van der Waals surface area (Å²) >= 11 is 0. The summed E-state index contributed by atoms with van der Waals surface area (Å²) < 4.78 is 17.5. The number of hydrogen-bond acceptors (Lipinski definition) is 5. The molecule has 11 heteroatoms. The lowest BCUT2D eigenvalue weighted by atomic mass is 10.0. The fraction of sp³-hybridized carbons (Fsp3) is 0.407. The van der Waals surface area contributed by atoms with Crippen LogP contribution >= 0.6 is 7.60 Å². The van der Waals surface area contributed by atoms with E-state index in [0.29, 0.717) is 12.2 Å². The Bertz CT molecular complexity index is 1270. The van der Waals surface area contributed by atoms with Crippen molar-refractivity contribution in [2.75, 3.05) is 7.11 Å². The largest absolute Gasteiger partial charge is 0.497 e. The van der Waals surface area contributed by atoms with Gasteiger partial charge in [0.05, 0.1) is 13.2 Å². The molecule has 0 bridgehead atoms. The predicted molar refractivity (Wildman–Crippen MR) is 145 cm³/mol. The normalized spacial score (nSPS) is 14.3. The Labute approximate surface area is 222 Å². The van der Waals surface area contributed by atoms with Crippen molar-refractivity contribution in [3.63, 3.8) is 0 Å². The number of benzene rings is 2. The van der Waals surface area contributed by atoms with Crippen LogP contribution in [0.25, 0.3) is 10.9 Å². The molecule has 3 atom stereocenters. The van der Waals surface area contributed by atoms with Crippen LogP contribution in [0.15, 0.2) is 54.7 Å². The van der Waals surface area contributed by atoms with Gasteiger partial charge in [0.25, 0.3) is 0 Å². The van der Waals surface area contributed by atoms with Crippen molar-refractivity contribution < 1.29 is 33.8 Å². The zero-order valence-electron chi connectivity index (χ0n) is 21.8. The van der Waals surface area contributed by atoms with Crippen molar-refractivity contribution in [1.29, 1.82) is 0 Å². The van der Waals surface area contributed by atoms with E-state index in [1.165, 1.54) is 0 Å². The molecule has 0 radical (unpaired) electrons. The zero-order valence-corrected chi connectivity index (χ0v) is 22.7. The molecule has 38 heavy (non-hydrogen) atoms. The van der Waals surface area contributed by atoms with E-state index in [9.17, 15) is 29.0 Å². The number of para-hydroxylation sites is 1. The molecule has 3 rings (SSSR count). The van der Waals surface area contributed by atoms with Gasteiger partial charge in [-0.15, -0.1) is 0 Å². The van der Waals surface area contributed by atoms with E-state index in [2.05, 4.69) is 15.6 Å². The standard InChI is InChI=1S/C27H36N3O7P/c1-17(2)14-23(29-25(38(34,35)36)13-10-18-8-11-20(37-3)12-9-18)26(31)30-24(27(32)33)15-19-16-28-22-7-5-4-6-21(19)22/h4-9,11-12,16-17,23-25,28-29H,10,13-15H2,1-3H3,(H,30,31)(H,32,33)(H2,34,35,36)/t23-,24-,25?/m0/s1. The number of ether oxygens (including phenoxy) is 1. The van der Waals surface area contributed by atoms with Crippen molar-refractivity contribution in [1.82, 2.24) is 15.6 Å². The molecule has 0 aliphatic heterocycles. The highest BCUT2D eigenvalue weighted by molar-refractivity contribution is 7.52. The average molecular weight is 546 g/mol. The maximum atomic E-state index is 13.3. The van der Waals surface area contributed by atoms with Gasteiger partial charge in [-0.1, -0.05) is 44.2 Å². The van der Waals surface area contributed by atoms with Gasteiger partial charge in [0.15, 0.2) is 0 Å². The number of aromatic amines is 1. The van der Waals surface area contributed by atoms with Crippen molar-refractivity contribution in [2.45, 2.75) is 57.4 Å². The van der Waals surface area contributed by atoms with Gasteiger partial charge in [-0.2, -0.15) is 0 Å². The third-order valence-corrected chi connectivity index (χ3v) is 7.62. The number of aliphatic carboxylic acids is 1. The molecular formula is C27H36N3O7P. The summed E-state index contributed by atoms with van der Waals surface area (Å²) in [4.78, 5) is 48.5. The molecule has 1 unspecified atom stereocenters. The Morgan fingerprint density at radius 1 is 1.05 bits per heavy atom. The van der Waals surface area contributed by atoms with Gasteiger partial charge in [0, 0.05) is 23.5 Å². The number of rotatable bonds is 14. The van der Waals surface area contributed by atoms with Crippen LogP contribution < -0.4 is 15.4 Å². The average Bonchev–Trinajstić information content (AvgIpc) is 3.27. The summed E-state index contributed by atoms with van der Waals surface area (Å²) in [6.07, 6.45) is 2.49. The molecule has 1 heterocycles. The minimum atomic E-state index is -4.63. The molecular weight excluding hydrogens is 509 g/mol. The molecule has 10 nitrogen and oxygen atoms in total. The van der Waals surface area contributed by atoms with E-state index in [1.54, 1.807) is 25.4 Å². The fourth-order valence-corrected chi connectivity index (χ4v) is 5.23. The molecule has 0 saturated heterocycles. The second-order valence-corrected chi connectivity index (χ2v) is 11.6. The van der Waals surface area contributed by atoms with Gasteiger partial charge < -0.3 is 29.9 Å². The van der Waals surface area contributed by atoms with E-state index < -0.39 is 37.3 Å². The molecule has 0 aliphatic carbocycles. The minimum absolute atomic E-state index is 0.00848. The maximum Gasteiger partial charge on any atom is 0.342 e. The first-order valence-corrected chi connectivity index (χ1v) is 14.2. The second kappa shape index (κ2) is 13.1. The highest BCUT2D eigenvalue weighted by atomic mass is 31.2. The first kappa shape index (κ1) is 29.4. The van der Waals surface area contributed by atoms with Crippen LogP contribution in [0.5, 0.6) is 5.75 Å². The van der Waals surface area contributed by atoms with Crippen LogP contribution in [0, 0.1) is 5.92 Å². The lowest BCUT2D eigenvalue weighted by molar-refractivity contribution is -0.142. The Morgan fingerprint density at radius 3 is 2.34 bits per heavy atom. The van der Waals surface area contributed by atoms with Crippen LogP contribution in [0.3, 0.4) is 0 Å². The monoisotopic (exact) mass is 545 g/mol. The van der Waals surface area contributed by atoms with Crippen LogP contribution in [-0.2, 0) is 27.0 Å². The molecule has 206 valence electrons. The molecule has 1 aromatic heterocycles. The van der Waals surface area contributed by atoms with E-state index in [4.69, 9.17) is 4.74 Å². The first-order chi connectivity index (χ1) is 18.0. The third kappa shape index (κ3) is 8.16. The van der Waals surface area contributed by atoms with Crippen molar-refractivity contribution in [2.24, 2.45) is 5.92 Å². The number of hydrogen-bond donors (Lipinski definition) is 6. The summed E-state index contributed by atoms with van der Waals surface area (Å²) in [6.45, 7) is 3.76. The smallest absolute Gasteiger partial charge is 0.342 e. The van der Waals surface area contributed by atoms with Crippen LogP contribution in [-0.4, -0.2) is 56.7 Å². The van der Waals surface area contributed by atoms with Gasteiger partial charge >= 0.3 is 13.6 Å². The molecule has 2 aromatic carbocycles. The van der Waals surface area contributed by atoms with Crippen LogP contribution in [0.4, 0.5) is 0 Å². The van der Waals surface area contributed by atoms with Gasteiger partial charge in [-0.05, 0) is 54.5 Å². The van der Waals surface area contributed by atoms with Crippen molar-refractivity contribution >= 4 is 30.4 Å². The van der Waals surface area contributed by atoms with Crippen LogP contribution in [0.1, 0.15) is 37.8 Å². The van der Waals surface area contributed by atoms with Crippen LogP contribution in [0.2, 0.25) is 0 Å². The van der Waals surface area contributed by atoms with E-state index in [1.807, 2.05) is 50.2 Å². The summed E-state index contributed by atoms with van der Waals surface area (Å²) in [5.41, 5.74) is 2.47. The third-order valence-electron chi connectivity index (χ3n) is 6.40. The number of aryl methyl sites for hydroxylation is 1. The Balaban J connectivity index is 1.74. The Kier molecular flexibility index (Phi) is 10.1. The quantitative estimate of drug-likeness (QED) is 0.168. The summed E-state index contributed by atoms with van der Waals surface area (Å²) in [7, 11) is -3.07. The lowest BCUT2D eigenvalue weighted by Gasteiger charge is -2.28. The van der Waals surface area contributed by atoms with Gasteiger partial charge in [-0.25, -0.2) is 4.79 Å². The molecule has 0 aliphatic rings. The first-order valence-electron chi connectivity index (χ1n) is 12.5. The Morgan fingerprint density at radius 2 is 1.74 bits per heavy atom. The number of nitrogens with one attached hydrogen (secondary N) is 3. The highest BCUT2D eigenvalue weighted by Gasteiger charge is 2.34. The predicted octanol–water partition coefficient (Wildman–Crippen LogP) is 3.43. The van der Waals surface area contributed by atoms with Gasteiger partial charge in [0.2, 0.25) is 5.91 Å². The second-order valence-electron chi connectivity index (χ2n) is 9.80. The number of fused-ring (bicyclic) bond motifs is 1. The van der Waals surface area contributed by atoms with Crippen molar-refractivity contribution in [3.8, 4) is 5.75 Å². The number of amides is 1. The Hall–Kier alpha value is -3.17. The molecule has 6 N–H and O–H groups in total. The molecule has 0 spiro atoms. The van der Waals surface area contributed by atoms with E-state index in [0.717, 1.165) is 22.0 Å². The summed E-state index contributed by atoms with van der Waals surface area (Å²) in [6, 6.07) is 12.4. The van der Waals surface area contributed by atoms with E-state index >= 15 is 0 Å². The van der Waals surface area contributed by atoms with Gasteiger partial charge in [0.1, 0.15) is 17.6 Å². The highest BCUT2D eigenvalue weighted by Crippen LogP contribution is 2.42. The SMILES string of the molecule is COc1ccc(CCC(N[C@@H](CC(C)C)C(=O)N[C@@H](Cc2c[nH]c3ccccc23)C(=O)O)P(=O)(O)O)cc1. The number of carboxylic acid groups (broad SMARTS) is 1. The lowest BCUT2D eigenvalue weighted by Crippen LogP contribution is -2.53. The zero-order chi connectivity index (χ0) is 27.9. The number of aromatic nitrogens is 1. The molecule has 1 amide bonds. The number of carboxylic acids is 1. The summed E-state index contributed by atoms with van der Waals surface area (Å²) in [5.74, 6) is -2.41.